The molecule has 0 saturated carbocycles. The van der Waals surface area contributed by atoms with Crippen LogP contribution in [0.1, 0.15) is 16.9 Å². The van der Waals surface area contributed by atoms with Gasteiger partial charge in [-0.1, -0.05) is 42.5 Å². The molecular weight excluding hydrogens is 376 g/mol. The molecule has 0 unspecified atom stereocenters. The van der Waals surface area contributed by atoms with E-state index in [4.69, 9.17) is 0 Å². The summed E-state index contributed by atoms with van der Waals surface area (Å²) in [5.41, 5.74) is 6.17. The number of carbonyl (C=O) groups is 1. The van der Waals surface area contributed by atoms with Gasteiger partial charge >= 0.3 is 0 Å². The van der Waals surface area contributed by atoms with Gasteiger partial charge in [0.15, 0.2) is 0 Å². The van der Waals surface area contributed by atoms with Gasteiger partial charge in [-0.3, -0.25) is 4.79 Å². The first-order valence-corrected chi connectivity index (χ1v) is 10.1. The predicted octanol–water partition coefficient (Wildman–Crippen LogP) is 4.50. The zero-order valence-electron chi connectivity index (χ0n) is 14.5. The van der Waals surface area contributed by atoms with Crippen LogP contribution in [0.3, 0.4) is 0 Å². The van der Waals surface area contributed by atoms with Crippen molar-refractivity contribution in [2.24, 2.45) is 5.10 Å². The minimum absolute atomic E-state index is 0.190. The number of hydrogen-bond acceptors (Lipinski definition) is 6. The summed E-state index contributed by atoms with van der Waals surface area (Å²) >= 11 is 3.03. The van der Waals surface area contributed by atoms with Crippen molar-refractivity contribution in [2.75, 3.05) is 0 Å². The smallest absolute Gasteiger partial charge is 0.246 e. The fourth-order valence-corrected chi connectivity index (χ4v) is 4.24. The summed E-state index contributed by atoms with van der Waals surface area (Å²) in [7, 11) is 0. The average Bonchev–Trinajstić information content (AvgIpc) is 3.33. The van der Waals surface area contributed by atoms with E-state index < -0.39 is 0 Å². The molecule has 7 heteroatoms. The van der Waals surface area contributed by atoms with Gasteiger partial charge in [0.25, 0.3) is 0 Å². The Morgan fingerprint density at radius 3 is 2.67 bits per heavy atom. The van der Waals surface area contributed by atoms with E-state index in [-0.39, 0.29) is 12.3 Å². The van der Waals surface area contributed by atoms with E-state index in [2.05, 4.69) is 20.5 Å². The Hall–Kier alpha value is -2.90. The molecule has 2 heterocycles. The van der Waals surface area contributed by atoms with Crippen LogP contribution >= 0.6 is 22.7 Å². The van der Waals surface area contributed by atoms with E-state index in [9.17, 15) is 4.79 Å². The van der Waals surface area contributed by atoms with Crippen molar-refractivity contribution < 1.29 is 4.79 Å². The van der Waals surface area contributed by atoms with Crippen LogP contribution in [0, 0.1) is 0 Å². The largest absolute Gasteiger partial charge is 0.273 e. The van der Waals surface area contributed by atoms with Gasteiger partial charge in [-0.2, -0.15) is 5.10 Å². The summed E-state index contributed by atoms with van der Waals surface area (Å²) in [5.74, 6) is -0.190. The van der Waals surface area contributed by atoms with Gasteiger partial charge in [0.2, 0.25) is 5.91 Å². The molecule has 4 rings (SSSR count). The van der Waals surface area contributed by atoms with Crippen LogP contribution < -0.4 is 5.43 Å². The summed E-state index contributed by atoms with van der Waals surface area (Å²) < 4.78 is 1.10. The van der Waals surface area contributed by atoms with E-state index in [0.29, 0.717) is 5.71 Å². The van der Waals surface area contributed by atoms with Crippen LogP contribution in [0.25, 0.3) is 21.5 Å². The lowest BCUT2D eigenvalue weighted by Crippen LogP contribution is -2.21. The third-order valence-electron chi connectivity index (χ3n) is 3.88. The van der Waals surface area contributed by atoms with Crippen LogP contribution in [0.4, 0.5) is 0 Å². The monoisotopic (exact) mass is 392 g/mol. The average molecular weight is 393 g/mol. The molecule has 27 heavy (non-hydrogen) atoms. The lowest BCUT2D eigenvalue weighted by Gasteiger charge is -1.99. The number of thiazole rings is 2. The second kappa shape index (κ2) is 7.77. The molecule has 0 aliphatic rings. The number of hydrogen-bond donors (Lipinski definition) is 1. The third-order valence-corrected chi connectivity index (χ3v) is 5.88. The highest BCUT2D eigenvalue weighted by Gasteiger charge is 2.10. The highest BCUT2D eigenvalue weighted by atomic mass is 32.1. The molecule has 0 radical (unpaired) electrons. The molecule has 0 saturated heterocycles. The molecule has 0 fully saturated rings. The van der Waals surface area contributed by atoms with Crippen LogP contribution in [0.2, 0.25) is 0 Å². The second-order valence-corrected chi connectivity index (χ2v) is 7.86. The number of amides is 1. The quantitative estimate of drug-likeness (QED) is 0.402. The van der Waals surface area contributed by atoms with Crippen molar-refractivity contribution in [2.45, 2.75) is 13.3 Å². The second-order valence-electron chi connectivity index (χ2n) is 5.89. The van der Waals surface area contributed by atoms with E-state index in [1.165, 1.54) is 11.3 Å². The van der Waals surface area contributed by atoms with Crippen molar-refractivity contribution >= 4 is 44.5 Å². The summed E-state index contributed by atoms with van der Waals surface area (Å²) in [4.78, 5) is 21.3. The first-order valence-electron chi connectivity index (χ1n) is 8.38. The van der Waals surface area contributed by atoms with Crippen molar-refractivity contribution in [1.82, 2.24) is 15.4 Å². The first-order chi connectivity index (χ1) is 13.2. The highest BCUT2D eigenvalue weighted by Crippen LogP contribution is 2.23. The van der Waals surface area contributed by atoms with Gasteiger partial charge in [-0.25, -0.2) is 15.4 Å². The van der Waals surface area contributed by atoms with E-state index in [1.54, 1.807) is 11.3 Å². The van der Waals surface area contributed by atoms with Crippen LogP contribution in [-0.4, -0.2) is 21.6 Å². The van der Waals surface area contributed by atoms with Gasteiger partial charge in [0.1, 0.15) is 10.0 Å². The number of aromatic nitrogens is 2. The molecule has 4 aromatic rings. The first kappa shape index (κ1) is 17.5. The van der Waals surface area contributed by atoms with Crippen LogP contribution in [0.15, 0.2) is 65.1 Å². The van der Waals surface area contributed by atoms with Crippen molar-refractivity contribution in [1.29, 1.82) is 0 Å². The zero-order chi connectivity index (χ0) is 18.6. The molecule has 134 valence electrons. The molecule has 0 aliphatic heterocycles. The van der Waals surface area contributed by atoms with Gasteiger partial charge < -0.3 is 0 Å². The van der Waals surface area contributed by atoms with Crippen molar-refractivity contribution in [3.05, 3.63) is 70.0 Å². The van der Waals surface area contributed by atoms with E-state index in [1.807, 2.05) is 66.9 Å². The van der Waals surface area contributed by atoms with Gasteiger partial charge in [0, 0.05) is 10.9 Å². The lowest BCUT2D eigenvalue weighted by molar-refractivity contribution is -0.120. The molecule has 1 N–H and O–H groups in total. The number of nitrogens with one attached hydrogen (secondary N) is 1. The maximum absolute atomic E-state index is 12.2. The topological polar surface area (TPSA) is 67.2 Å². The number of hydrazone groups is 1. The SMILES string of the molecule is C/C(=N/NC(=O)Cc1nc(-c2ccccc2)cs1)c1nc2ccccc2s1. The maximum Gasteiger partial charge on any atom is 0.246 e. The van der Waals surface area contributed by atoms with Crippen molar-refractivity contribution in [3.63, 3.8) is 0 Å². The number of benzene rings is 2. The van der Waals surface area contributed by atoms with Crippen LogP contribution in [-0.2, 0) is 11.2 Å². The molecule has 0 spiro atoms. The molecule has 0 atom stereocenters. The lowest BCUT2D eigenvalue weighted by atomic mass is 10.2. The Balaban J connectivity index is 1.40. The minimum atomic E-state index is -0.190. The van der Waals surface area contributed by atoms with E-state index >= 15 is 0 Å². The number of fused-ring (bicyclic) bond motifs is 1. The maximum atomic E-state index is 12.2. The molecule has 0 bridgehead atoms. The zero-order valence-corrected chi connectivity index (χ0v) is 16.2. The molecule has 0 aliphatic carbocycles. The number of rotatable bonds is 5. The van der Waals surface area contributed by atoms with Gasteiger partial charge in [-0.15, -0.1) is 22.7 Å². The minimum Gasteiger partial charge on any atom is -0.273 e. The highest BCUT2D eigenvalue weighted by molar-refractivity contribution is 7.20. The fraction of sp³-hybridized carbons (Fsp3) is 0.100. The van der Waals surface area contributed by atoms with Crippen LogP contribution in [0.5, 0.6) is 0 Å². The number of nitrogens with zero attached hydrogens (tertiary/aromatic N) is 3. The summed E-state index contributed by atoms with van der Waals surface area (Å²) in [6.07, 6.45) is 0.203. The Morgan fingerprint density at radius 2 is 1.85 bits per heavy atom. The predicted molar refractivity (Wildman–Crippen MR) is 111 cm³/mol. The molecule has 5 nitrogen and oxygen atoms in total. The normalized spacial score (nSPS) is 11.7. The fourth-order valence-electron chi connectivity index (χ4n) is 2.53. The Labute approximate surface area is 164 Å². The Kier molecular flexibility index (Phi) is 5.04. The Bertz CT molecular complexity index is 1080. The number of carbonyl (C=O) groups excluding carboxylic acids is 1. The molecule has 1 amide bonds. The van der Waals surface area contributed by atoms with Gasteiger partial charge in [-0.05, 0) is 19.1 Å². The standard InChI is InChI=1S/C20H16N4OS2/c1-13(20-22-15-9-5-6-10-17(15)27-20)23-24-18(25)11-19-21-16(12-26-19)14-7-3-2-4-8-14/h2-10,12H,11H2,1H3,(H,24,25)/b23-13-. The Morgan fingerprint density at radius 1 is 1.07 bits per heavy atom. The summed E-state index contributed by atoms with van der Waals surface area (Å²) in [6, 6.07) is 17.9. The summed E-state index contributed by atoms with van der Waals surface area (Å²) in [5, 5.41) is 7.72. The molecule has 2 aromatic carbocycles. The number of para-hydroxylation sites is 1. The molecule has 2 aromatic heterocycles. The van der Waals surface area contributed by atoms with Crippen molar-refractivity contribution in [3.8, 4) is 11.3 Å². The summed E-state index contributed by atoms with van der Waals surface area (Å²) in [6.45, 7) is 1.84. The van der Waals surface area contributed by atoms with Gasteiger partial charge in [0.05, 0.1) is 28.0 Å². The third kappa shape index (κ3) is 4.10. The van der Waals surface area contributed by atoms with E-state index in [0.717, 1.165) is 31.5 Å². The molecular formula is C20H16N4OS2.